The summed E-state index contributed by atoms with van der Waals surface area (Å²) >= 11 is 0. The van der Waals surface area contributed by atoms with Gasteiger partial charge in [0.1, 0.15) is 5.82 Å². The zero-order valence-electron chi connectivity index (χ0n) is 19.5. The van der Waals surface area contributed by atoms with E-state index in [1.54, 1.807) is 0 Å². The molecule has 9 heteroatoms. The predicted octanol–water partition coefficient (Wildman–Crippen LogP) is 3.76. The van der Waals surface area contributed by atoms with Gasteiger partial charge < -0.3 is 10.2 Å². The highest BCUT2D eigenvalue weighted by molar-refractivity contribution is 7.89. The van der Waals surface area contributed by atoms with Crippen LogP contribution in [0.5, 0.6) is 0 Å². The maximum absolute atomic E-state index is 12.5. The quantitative estimate of drug-likeness (QED) is 0.507. The van der Waals surface area contributed by atoms with E-state index in [1.807, 2.05) is 49.3 Å². The molecule has 1 aliphatic carbocycles. The summed E-state index contributed by atoms with van der Waals surface area (Å²) in [6.45, 7) is 1.23. The lowest BCUT2D eigenvalue weighted by Crippen LogP contribution is -2.32. The number of hydrogen-bond acceptors (Lipinski definition) is 7. The summed E-state index contributed by atoms with van der Waals surface area (Å²) < 4.78 is 27.8. The standard InChI is InChI=1S/C25H30N6O2S/c1-31(2)24-22-5-3-4-6-23(22)29-25(30-24)27-16-19-7-9-20(10-8-19)17-28-34(32,33)21-13-11-18(15-26)12-14-21/h3-6,11-14,19-20,28H,7-10,16-17H2,1-2H3,(H,27,29,30). The summed E-state index contributed by atoms with van der Waals surface area (Å²) in [5.74, 6) is 2.36. The van der Waals surface area contributed by atoms with Gasteiger partial charge in [-0.2, -0.15) is 10.2 Å². The van der Waals surface area contributed by atoms with Crippen molar-refractivity contribution in [2.75, 3.05) is 37.4 Å². The highest BCUT2D eigenvalue weighted by Gasteiger charge is 2.23. The second kappa shape index (κ2) is 10.4. The first-order chi connectivity index (χ1) is 16.4. The Morgan fingerprint density at radius 1 is 0.971 bits per heavy atom. The van der Waals surface area contributed by atoms with Gasteiger partial charge in [-0.1, -0.05) is 12.1 Å². The average molecular weight is 479 g/mol. The van der Waals surface area contributed by atoms with E-state index in [0.717, 1.165) is 48.9 Å². The Balaban J connectivity index is 1.28. The predicted molar refractivity (Wildman–Crippen MR) is 134 cm³/mol. The van der Waals surface area contributed by atoms with Crippen LogP contribution in [0.25, 0.3) is 10.9 Å². The van der Waals surface area contributed by atoms with Gasteiger partial charge >= 0.3 is 0 Å². The van der Waals surface area contributed by atoms with Gasteiger partial charge in [0.15, 0.2) is 0 Å². The molecule has 34 heavy (non-hydrogen) atoms. The topological polar surface area (TPSA) is 111 Å². The van der Waals surface area contributed by atoms with Gasteiger partial charge in [0.25, 0.3) is 0 Å². The monoisotopic (exact) mass is 478 g/mol. The fourth-order valence-electron chi connectivity index (χ4n) is 4.37. The molecule has 0 bridgehead atoms. The van der Waals surface area contributed by atoms with Gasteiger partial charge in [-0.25, -0.2) is 18.1 Å². The molecule has 0 unspecified atom stereocenters. The molecule has 0 atom stereocenters. The van der Waals surface area contributed by atoms with Crippen LogP contribution >= 0.6 is 0 Å². The summed E-state index contributed by atoms with van der Waals surface area (Å²) in [7, 11) is 0.397. The van der Waals surface area contributed by atoms with Crippen LogP contribution in [-0.2, 0) is 10.0 Å². The average Bonchev–Trinajstić information content (AvgIpc) is 2.86. The molecule has 2 N–H and O–H groups in total. The van der Waals surface area contributed by atoms with Gasteiger partial charge in [-0.05, 0) is 73.9 Å². The Morgan fingerprint density at radius 2 is 1.62 bits per heavy atom. The van der Waals surface area contributed by atoms with E-state index in [0.29, 0.717) is 29.9 Å². The molecule has 0 saturated heterocycles. The lowest BCUT2D eigenvalue weighted by Gasteiger charge is -2.28. The molecule has 2 aromatic carbocycles. The molecule has 1 saturated carbocycles. The fourth-order valence-corrected chi connectivity index (χ4v) is 5.49. The molecule has 1 fully saturated rings. The smallest absolute Gasteiger partial charge is 0.240 e. The minimum Gasteiger partial charge on any atom is -0.362 e. The summed E-state index contributed by atoms with van der Waals surface area (Å²) in [6.07, 6.45) is 4.02. The normalized spacial score (nSPS) is 18.4. The molecular formula is C25H30N6O2S. The third-order valence-corrected chi connectivity index (χ3v) is 7.82. The molecule has 0 spiro atoms. The molecule has 3 aromatic rings. The van der Waals surface area contributed by atoms with E-state index in [4.69, 9.17) is 10.2 Å². The second-order valence-electron chi connectivity index (χ2n) is 9.04. The lowest BCUT2D eigenvalue weighted by molar-refractivity contribution is 0.284. The molecule has 1 aliphatic rings. The van der Waals surface area contributed by atoms with Crippen LogP contribution in [0.1, 0.15) is 31.2 Å². The fraction of sp³-hybridized carbons (Fsp3) is 0.400. The van der Waals surface area contributed by atoms with Crippen molar-refractivity contribution in [1.82, 2.24) is 14.7 Å². The van der Waals surface area contributed by atoms with Crippen LogP contribution in [0, 0.1) is 23.2 Å². The summed E-state index contributed by atoms with van der Waals surface area (Å²) in [6, 6.07) is 16.0. The number of aromatic nitrogens is 2. The highest BCUT2D eigenvalue weighted by Crippen LogP contribution is 2.29. The van der Waals surface area contributed by atoms with Crippen LogP contribution < -0.4 is 14.9 Å². The van der Waals surface area contributed by atoms with Crippen molar-refractivity contribution in [3.8, 4) is 6.07 Å². The first kappa shape index (κ1) is 23.9. The van der Waals surface area contributed by atoms with E-state index in [9.17, 15) is 8.42 Å². The number of nitrogens with zero attached hydrogens (tertiary/aromatic N) is 4. The Labute approximate surface area is 201 Å². The third kappa shape index (κ3) is 5.64. The number of fused-ring (bicyclic) bond motifs is 1. The minimum atomic E-state index is -3.57. The number of anilines is 2. The number of nitrogens with one attached hydrogen (secondary N) is 2. The SMILES string of the molecule is CN(C)c1nc(NCC2CCC(CNS(=O)(=O)c3ccc(C#N)cc3)CC2)nc2ccccc12. The minimum absolute atomic E-state index is 0.192. The third-order valence-electron chi connectivity index (χ3n) is 6.38. The first-order valence-electron chi connectivity index (χ1n) is 11.5. The highest BCUT2D eigenvalue weighted by atomic mass is 32.2. The van der Waals surface area contributed by atoms with Gasteiger partial charge in [-0.15, -0.1) is 0 Å². The Bertz CT molecular complexity index is 1280. The van der Waals surface area contributed by atoms with Crippen molar-refractivity contribution in [3.05, 3.63) is 54.1 Å². The van der Waals surface area contributed by atoms with Crippen molar-refractivity contribution < 1.29 is 8.42 Å². The molecule has 1 aromatic heterocycles. The zero-order chi connectivity index (χ0) is 24.1. The molecule has 0 radical (unpaired) electrons. The molecule has 8 nitrogen and oxygen atoms in total. The Kier molecular flexibility index (Phi) is 7.29. The molecule has 1 heterocycles. The molecular weight excluding hydrogens is 448 g/mol. The molecule has 0 aliphatic heterocycles. The van der Waals surface area contributed by atoms with E-state index in [2.05, 4.69) is 15.0 Å². The van der Waals surface area contributed by atoms with E-state index in [1.165, 1.54) is 24.3 Å². The van der Waals surface area contributed by atoms with Crippen LogP contribution in [0.2, 0.25) is 0 Å². The second-order valence-corrected chi connectivity index (χ2v) is 10.8. The van der Waals surface area contributed by atoms with Crippen LogP contribution in [0.15, 0.2) is 53.4 Å². The van der Waals surface area contributed by atoms with Crippen molar-refractivity contribution in [1.29, 1.82) is 5.26 Å². The van der Waals surface area contributed by atoms with E-state index in [-0.39, 0.29) is 4.90 Å². The number of rotatable bonds is 8. The maximum Gasteiger partial charge on any atom is 0.240 e. The number of sulfonamides is 1. The Hall–Kier alpha value is -3.22. The van der Waals surface area contributed by atoms with Gasteiger partial charge in [0.05, 0.1) is 22.0 Å². The van der Waals surface area contributed by atoms with Gasteiger partial charge in [0.2, 0.25) is 16.0 Å². The number of benzene rings is 2. The number of nitriles is 1. The van der Waals surface area contributed by atoms with Gasteiger partial charge in [-0.3, -0.25) is 0 Å². The Morgan fingerprint density at radius 3 is 2.26 bits per heavy atom. The summed E-state index contributed by atoms with van der Waals surface area (Å²) in [5.41, 5.74) is 1.36. The summed E-state index contributed by atoms with van der Waals surface area (Å²) in [5, 5.41) is 13.3. The van der Waals surface area contributed by atoms with Crippen LogP contribution in [0.3, 0.4) is 0 Å². The molecule has 178 valence electrons. The van der Waals surface area contributed by atoms with Crippen molar-refractivity contribution in [2.24, 2.45) is 11.8 Å². The molecule has 4 rings (SSSR count). The van der Waals surface area contributed by atoms with Gasteiger partial charge in [0, 0.05) is 32.6 Å². The van der Waals surface area contributed by atoms with Crippen molar-refractivity contribution in [2.45, 2.75) is 30.6 Å². The number of hydrogen-bond donors (Lipinski definition) is 2. The van der Waals surface area contributed by atoms with E-state index >= 15 is 0 Å². The van der Waals surface area contributed by atoms with E-state index < -0.39 is 10.0 Å². The summed E-state index contributed by atoms with van der Waals surface area (Å²) in [4.78, 5) is 11.6. The van der Waals surface area contributed by atoms with Crippen LogP contribution in [-0.4, -0.2) is 45.6 Å². The largest absolute Gasteiger partial charge is 0.362 e. The number of para-hydroxylation sites is 1. The maximum atomic E-state index is 12.5. The zero-order valence-corrected chi connectivity index (χ0v) is 20.3. The lowest BCUT2D eigenvalue weighted by atomic mass is 9.82. The van der Waals surface area contributed by atoms with Crippen LogP contribution in [0.4, 0.5) is 11.8 Å². The van der Waals surface area contributed by atoms with Crippen molar-refractivity contribution >= 4 is 32.7 Å². The first-order valence-corrected chi connectivity index (χ1v) is 13.0. The van der Waals surface area contributed by atoms with Crippen molar-refractivity contribution in [3.63, 3.8) is 0 Å². The molecule has 0 amide bonds.